The highest BCUT2D eigenvalue weighted by molar-refractivity contribution is 5.85. The summed E-state index contributed by atoms with van der Waals surface area (Å²) >= 11 is 0. The van der Waals surface area contributed by atoms with Crippen molar-refractivity contribution >= 4 is 12.4 Å². The van der Waals surface area contributed by atoms with Crippen molar-refractivity contribution in [3.8, 4) is 0 Å². The summed E-state index contributed by atoms with van der Waals surface area (Å²) in [5.74, 6) is 0. The zero-order valence-corrected chi connectivity index (χ0v) is 6.29. The fourth-order valence-corrected chi connectivity index (χ4v) is 0.407. The van der Waals surface area contributed by atoms with E-state index in [4.69, 9.17) is 5.73 Å². The molecule has 0 aromatic rings. The summed E-state index contributed by atoms with van der Waals surface area (Å²) in [4.78, 5) is 0. The lowest BCUT2D eigenvalue weighted by molar-refractivity contribution is 1.03. The van der Waals surface area contributed by atoms with Crippen molar-refractivity contribution in [2.75, 3.05) is 0 Å². The Hall–Kier alpha value is -0.170. The third-order valence-corrected chi connectivity index (χ3v) is 0.875. The molecule has 0 fully saturated rings. The second kappa shape index (κ2) is 6.83. The molecule has 0 unspecified atom stereocenters. The normalized spacial score (nSPS) is 10.5. The number of rotatable bonds is 2. The van der Waals surface area contributed by atoms with Crippen molar-refractivity contribution < 1.29 is 0 Å². The molecule has 0 saturated carbocycles. The van der Waals surface area contributed by atoms with Crippen LogP contribution in [0.25, 0.3) is 0 Å². The van der Waals surface area contributed by atoms with Crippen LogP contribution in [0.15, 0.2) is 11.8 Å². The molecule has 0 amide bonds. The fraction of sp³-hybridized carbons (Fsp3) is 0.667. The quantitative estimate of drug-likeness (QED) is 0.617. The molecule has 1 nitrogen and oxygen atoms in total. The molecule has 0 radical (unpaired) electrons. The minimum Gasteiger partial charge on any atom is -0.402 e. The Morgan fingerprint density at radius 2 is 2.00 bits per heavy atom. The zero-order chi connectivity index (χ0) is 5.70. The number of halogens is 1. The van der Waals surface area contributed by atoms with E-state index in [0.717, 1.165) is 18.5 Å². The Morgan fingerprint density at radius 1 is 1.50 bits per heavy atom. The highest BCUT2D eigenvalue weighted by Crippen LogP contribution is 1.90. The number of allylic oxidation sites excluding steroid dienone is 2. The van der Waals surface area contributed by atoms with Crippen LogP contribution in [0.4, 0.5) is 0 Å². The lowest BCUT2D eigenvalue weighted by Crippen LogP contribution is -1.92. The topological polar surface area (TPSA) is 26.0 Å². The first kappa shape index (κ1) is 10.7. The van der Waals surface area contributed by atoms with Crippen LogP contribution in [0, 0.1) is 0 Å². The number of nitrogens with two attached hydrogens (primary N) is 1. The van der Waals surface area contributed by atoms with Crippen LogP contribution >= 0.6 is 12.4 Å². The van der Waals surface area contributed by atoms with Crippen molar-refractivity contribution in [2.24, 2.45) is 5.73 Å². The van der Waals surface area contributed by atoms with Crippen LogP contribution in [0.5, 0.6) is 0 Å². The molecule has 0 spiro atoms. The SMILES string of the molecule is CCC=C(N)CC.Cl. The molecule has 0 aromatic heterocycles. The zero-order valence-electron chi connectivity index (χ0n) is 5.48. The lowest BCUT2D eigenvalue weighted by Gasteiger charge is -1.89. The molecule has 0 aliphatic heterocycles. The monoisotopic (exact) mass is 135 g/mol. The number of hydrogen-bond acceptors (Lipinski definition) is 1. The predicted octanol–water partition coefficient (Wildman–Crippen LogP) is 2.07. The van der Waals surface area contributed by atoms with Crippen LogP contribution < -0.4 is 5.73 Å². The van der Waals surface area contributed by atoms with E-state index in [2.05, 4.69) is 13.8 Å². The van der Waals surface area contributed by atoms with Crippen molar-refractivity contribution in [3.63, 3.8) is 0 Å². The van der Waals surface area contributed by atoms with Crippen LogP contribution in [-0.2, 0) is 0 Å². The van der Waals surface area contributed by atoms with Gasteiger partial charge in [-0.05, 0) is 12.8 Å². The Labute approximate surface area is 57.4 Å². The van der Waals surface area contributed by atoms with Gasteiger partial charge in [-0.3, -0.25) is 0 Å². The van der Waals surface area contributed by atoms with Gasteiger partial charge in [0, 0.05) is 5.70 Å². The van der Waals surface area contributed by atoms with Gasteiger partial charge in [0.1, 0.15) is 0 Å². The molecule has 0 atom stereocenters. The minimum absolute atomic E-state index is 0. The molecule has 50 valence electrons. The first-order chi connectivity index (χ1) is 3.31. The molecule has 2 N–H and O–H groups in total. The van der Waals surface area contributed by atoms with E-state index in [0.29, 0.717) is 0 Å². The van der Waals surface area contributed by atoms with Gasteiger partial charge in [-0.15, -0.1) is 12.4 Å². The average Bonchev–Trinajstić information content (AvgIpc) is 1.68. The fourth-order valence-electron chi connectivity index (χ4n) is 0.407. The first-order valence-corrected chi connectivity index (χ1v) is 2.75. The van der Waals surface area contributed by atoms with Gasteiger partial charge < -0.3 is 5.73 Å². The molecule has 0 aromatic carbocycles. The van der Waals surface area contributed by atoms with Gasteiger partial charge >= 0.3 is 0 Å². The smallest absolute Gasteiger partial charge is 0.00370 e. The molecular formula is C6H14ClN. The van der Waals surface area contributed by atoms with Crippen molar-refractivity contribution in [1.29, 1.82) is 0 Å². The summed E-state index contributed by atoms with van der Waals surface area (Å²) in [6, 6.07) is 0. The third-order valence-electron chi connectivity index (χ3n) is 0.875. The van der Waals surface area contributed by atoms with Gasteiger partial charge in [-0.1, -0.05) is 19.9 Å². The van der Waals surface area contributed by atoms with Gasteiger partial charge in [-0.25, -0.2) is 0 Å². The van der Waals surface area contributed by atoms with Gasteiger partial charge in [0.15, 0.2) is 0 Å². The van der Waals surface area contributed by atoms with E-state index in [9.17, 15) is 0 Å². The second-order valence-corrected chi connectivity index (χ2v) is 1.54. The van der Waals surface area contributed by atoms with Gasteiger partial charge in [0.05, 0.1) is 0 Å². The van der Waals surface area contributed by atoms with E-state index in [1.165, 1.54) is 0 Å². The minimum atomic E-state index is 0. The standard InChI is InChI=1S/C6H13N.ClH/c1-3-5-6(7)4-2;/h5H,3-4,7H2,1-2H3;1H. The van der Waals surface area contributed by atoms with Gasteiger partial charge in [-0.2, -0.15) is 0 Å². The molecule has 0 aliphatic rings. The molecular weight excluding hydrogens is 122 g/mol. The van der Waals surface area contributed by atoms with Crippen LogP contribution in [0.3, 0.4) is 0 Å². The predicted molar refractivity (Wildman–Crippen MR) is 40.1 cm³/mol. The van der Waals surface area contributed by atoms with Gasteiger partial charge in [0.2, 0.25) is 0 Å². The maximum absolute atomic E-state index is 5.44. The molecule has 0 saturated heterocycles. The van der Waals surface area contributed by atoms with Crippen LogP contribution in [-0.4, -0.2) is 0 Å². The summed E-state index contributed by atoms with van der Waals surface area (Å²) < 4.78 is 0. The molecule has 0 aliphatic carbocycles. The van der Waals surface area contributed by atoms with Crippen LogP contribution in [0.2, 0.25) is 0 Å². The second-order valence-electron chi connectivity index (χ2n) is 1.54. The van der Waals surface area contributed by atoms with Crippen molar-refractivity contribution in [1.82, 2.24) is 0 Å². The van der Waals surface area contributed by atoms with E-state index in [-0.39, 0.29) is 12.4 Å². The summed E-state index contributed by atoms with van der Waals surface area (Å²) in [6.45, 7) is 4.14. The van der Waals surface area contributed by atoms with E-state index in [1.807, 2.05) is 6.08 Å². The summed E-state index contributed by atoms with van der Waals surface area (Å²) in [6.07, 6.45) is 4.08. The molecule has 0 heterocycles. The summed E-state index contributed by atoms with van der Waals surface area (Å²) in [5, 5.41) is 0. The Bertz CT molecular complexity index is 68.9. The summed E-state index contributed by atoms with van der Waals surface area (Å²) in [5.41, 5.74) is 6.45. The Morgan fingerprint density at radius 3 is 2.12 bits per heavy atom. The summed E-state index contributed by atoms with van der Waals surface area (Å²) in [7, 11) is 0. The highest BCUT2D eigenvalue weighted by atomic mass is 35.5. The first-order valence-electron chi connectivity index (χ1n) is 2.75. The largest absolute Gasteiger partial charge is 0.402 e. The molecule has 2 heteroatoms. The third kappa shape index (κ3) is 5.83. The maximum atomic E-state index is 5.44. The van der Waals surface area contributed by atoms with Crippen molar-refractivity contribution in [2.45, 2.75) is 26.7 Å². The maximum Gasteiger partial charge on any atom is 0.00370 e. The Balaban J connectivity index is 0. The molecule has 0 rings (SSSR count). The van der Waals surface area contributed by atoms with E-state index >= 15 is 0 Å². The van der Waals surface area contributed by atoms with Crippen LogP contribution in [0.1, 0.15) is 26.7 Å². The van der Waals surface area contributed by atoms with Crippen molar-refractivity contribution in [3.05, 3.63) is 11.8 Å². The number of hydrogen-bond donors (Lipinski definition) is 1. The highest BCUT2D eigenvalue weighted by Gasteiger charge is 1.77. The molecule has 0 bridgehead atoms. The van der Waals surface area contributed by atoms with Gasteiger partial charge in [0.25, 0.3) is 0 Å². The Kier molecular flexibility index (Phi) is 9.17. The molecule has 8 heavy (non-hydrogen) atoms. The lowest BCUT2D eigenvalue weighted by atomic mass is 10.3. The van der Waals surface area contributed by atoms with E-state index in [1.54, 1.807) is 0 Å². The average molecular weight is 136 g/mol. The van der Waals surface area contributed by atoms with E-state index < -0.39 is 0 Å².